The molecule has 1 fully saturated rings. The maximum Gasteiger partial charge on any atom is 0.573 e. The van der Waals surface area contributed by atoms with Gasteiger partial charge in [0.2, 0.25) is 0 Å². The molecule has 12 heteroatoms. The van der Waals surface area contributed by atoms with Crippen molar-refractivity contribution in [2.45, 2.75) is 26.1 Å². The van der Waals surface area contributed by atoms with Crippen LogP contribution >= 0.6 is 23.6 Å². The molecule has 2 heterocycles. The number of benzene rings is 1. The van der Waals surface area contributed by atoms with Crippen molar-refractivity contribution in [3.8, 4) is 21.9 Å². The van der Waals surface area contributed by atoms with Gasteiger partial charge in [-0.15, -0.1) is 24.5 Å². The highest BCUT2D eigenvalue weighted by atomic mass is 32.1. The number of ether oxygens (including phenoxy) is 2. The molecule has 0 aliphatic carbocycles. The summed E-state index contributed by atoms with van der Waals surface area (Å²) >= 11 is 6.61. The molecule has 1 saturated heterocycles. The molecule has 178 valence electrons. The van der Waals surface area contributed by atoms with Gasteiger partial charge in [-0.05, 0) is 61.8 Å². The van der Waals surface area contributed by atoms with E-state index < -0.39 is 6.36 Å². The van der Waals surface area contributed by atoms with Crippen LogP contribution in [0.15, 0.2) is 34.7 Å². The van der Waals surface area contributed by atoms with Crippen molar-refractivity contribution in [3.05, 3.63) is 35.2 Å². The van der Waals surface area contributed by atoms with Gasteiger partial charge in [-0.3, -0.25) is 10.2 Å². The van der Waals surface area contributed by atoms with Crippen LogP contribution in [0.5, 0.6) is 11.5 Å². The lowest BCUT2D eigenvalue weighted by Crippen LogP contribution is -2.44. The van der Waals surface area contributed by atoms with Gasteiger partial charge in [0.15, 0.2) is 5.11 Å². The van der Waals surface area contributed by atoms with Gasteiger partial charge in [0.1, 0.15) is 11.5 Å². The van der Waals surface area contributed by atoms with Gasteiger partial charge in [0.25, 0.3) is 0 Å². The molecule has 0 unspecified atom stereocenters. The van der Waals surface area contributed by atoms with Gasteiger partial charge < -0.3 is 19.5 Å². The normalized spacial score (nSPS) is 15.3. The lowest BCUT2D eigenvalue weighted by Gasteiger charge is -2.31. The molecule has 0 spiro atoms. The number of nitrogens with zero attached hydrogens (tertiary/aromatic N) is 2. The number of thiocarbonyl (C=S) groups is 1. The maximum atomic E-state index is 12.3. The number of thiophene rings is 1. The summed E-state index contributed by atoms with van der Waals surface area (Å²) in [5, 5.41) is 17.0. The van der Waals surface area contributed by atoms with Gasteiger partial charge >= 0.3 is 12.3 Å². The topological polar surface area (TPSA) is 83.4 Å². The predicted molar refractivity (Wildman–Crippen MR) is 122 cm³/mol. The number of likely N-dealkylation sites (tertiary alicyclic amines) is 1. The first-order valence-corrected chi connectivity index (χ1v) is 11.2. The number of alkyl halides is 3. The Kier molecular flexibility index (Phi) is 7.80. The molecule has 1 aromatic heterocycles. The number of nitrogens with one attached hydrogen (secondary N) is 1. The van der Waals surface area contributed by atoms with Crippen molar-refractivity contribution in [2.75, 3.05) is 20.2 Å². The lowest BCUT2D eigenvalue weighted by atomic mass is 9.97. The Balaban J connectivity index is 1.62. The van der Waals surface area contributed by atoms with Crippen LogP contribution in [0, 0.1) is 5.92 Å². The van der Waals surface area contributed by atoms with Crippen LogP contribution in [0.1, 0.15) is 25.3 Å². The zero-order valence-electron chi connectivity index (χ0n) is 17.8. The van der Waals surface area contributed by atoms with Crippen molar-refractivity contribution < 1.29 is 32.5 Å². The van der Waals surface area contributed by atoms with E-state index >= 15 is 0 Å². The molecule has 3 rings (SSSR count). The van der Waals surface area contributed by atoms with Crippen molar-refractivity contribution in [3.63, 3.8) is 0 Å². The van der Waals surface area contributed by atoms with Gasteiger partial charge in [-0.25, -0.2) is 0 Å². The van der Waals surface area contributed by atoms with Gasteiger partial charge in [0.05, 0.1) is 29.2 Å². The fourth-order valence-electron chi connectivity index (χ4n) is 3.37. The number of carbonyl (C=O) groups is 1. The number of rotatable bonds is 5. The molecule has 0 saturated carbocycles. The average Bonchev–Trinajstić information content (AvgIpc) is 3.17. The van der Waals surface area contributed by atoms with Gasteiger partial charge in [0, 0.05) is 18.5 Å². The first-order chi connectivity index (χ1) is 15.6. The first-order valence-electron chi connectivity index (χ1n) is 9.93. The summed E-state index contributed by atoms with van der Waals surface area (Å²) in [5.74, 6) is -0.714. The minimum Gasteiger partial charge on any atom is -0.506 e. The van der Waals surface area contributed by atoms with Crippen LogP contribution in [0.3, 0.4) is 0 Å². The van der Waals surface area contributed by atoms with E-state index in [1.165, 1.54) is 42.7 Å². The Bertz CT molecular complexity index is 1030. The summed E-state index contributed by atoms with van der Waals surface area (Å²) in [4.78, 5) is 14.0. The molecule has 1 aromatic carbocycles. The maximum absolute atomic E-state index is 12.3. The minimum atomic E-state index is -4.77. The number of aromatic hydroxyl groups is 1. The first kappa shape index (κ1) is 24.8. The molecule has 2 aromatic rings. The highest BCUT2D eigenvalue weighted by Crippen LogP contribution is 2.39. The highest BCUT2D eigenvalue weighted by Gasteiger charge is 2.31. The Morgan fingerprint density at radius 1 is 1.27 bits per heavy atom. The van der Waals surface area contributed by atoms with Gasteiger partial charge in [-0.1, -0.05) is 0 Å². The van der Waals surface area contributed by atoms with E-state index in [1.54, 1.807) is 12.3 Å². The van der Waals surface area contributed by atoms with E-state index in [-0.39, 0.29) is 23.4 Å². The number of hydrogen-bond donors (Lipinski definition) is 2. The minimum absolute atomic E-state index is 0.0302. The Hall–Kier alpha value is -2.86. The summed E-state index contributed by atoms with van der Waals surface area (Å²) in [6.07, 6.45) is -3.49. The third kappa shape index (κ3) is 6.35. The largest absolute Gasteiger partial charge is 0.573 e. The Morgan fingerprint density at radius 3 is 2.48 bits per heavy atom. The van der Waals surface area contributed by atoms with Gasteiger partial charge in [-0.2, -0.15) is 5.10 Å². The molecular formula is C21H22F3N3O4S2. The second-order valence-electron chi connectivity index (χ2n) is 7.30. The second kappa shape index (κ2) is 10.4. The second-order valence-corrected chi connectivity index (χ2v) is 8.56. The third-order valence-corrected chi connectivity index (χ3v) is 6.51. The fourth-order valence-corrected chi connectivity index (χ4v) is 4.61. The van der Waals surface area contributed by atoms with E-state index in [2.05, 4.69) is 15.3 Å². The van der Waals surface area contributed by atoms with E-state index in [0.717, 1.165) is 0 Å². The number of esters is 1. The number of hydrazone groups is 1. The third-order valence-electron chi connectivity index (χ3n) is 5.14. The average molecular weight is 502 g/mol. The standard InChI is InChI=1S/C21H22F3N3O4S2/c1-12(25-26-20(32)27-9-7-14(8-10-27)19(29)30-2)16-11-33-18(17(16)28)13-3-5-15(6-4-13)31-21(22,23)24/h3-6,11,14,28H,7-10H2,1-2H3,(H,26,32)/b25-12-. The quantitative estimate of drug-likeness (QED) is 0.270. The van der Waals surface area contributed by atoms with E-state index in [9.17, 15) is 23.1 Å². The zero-order valence-corrected chi connectivity index (χ0v) is 19.4. The summed E-state index contributed by atoms with van der Waals surface area (Å²) < 4.78 is 45.6. The number of hydrogen-bond acceptors (Lipinski definition) is 7. The van der Waals surface area contributed by atoms with Crippen LogP contribution in [-0.2, 0) is 9.53 Å². The molecule has 2 N–H and O–H groups in total. The van der Waals surface area contributed by atoms with Crippen LogP contribution in [0.4, 0.5) is 13.2 Å². The molecule has 1 aliphatic heterocycles. The fraction of sp³-hybridized carbons (Fsp3) is 0.381. The van der Waals surface area contributed by atoms with E-state index in [4.69, 9.17) is 17.0 Å². The Labute approximate surface area is 197 Å². The van der Waals surface area contributed by atoms with E-state index in [0.29, 0.717) is 52.8 Å². The molecule has 0 atom stereocenters. The molecule has 1 aliphatic rings. The highest BCUT2D eigenvalue weighted by molar-refractivity contribution is 7.80. The van der Waals surface area contributed by atoms with Crippen LogP contribution in [0.2, 0.25) is 0 Å². The van der Waals surface area contributed by atoms with Crippen molar-refractivity contribution in [1.29, 1.82) is 0 Å². The smallest absolute Gasteiger partial charge is 0.506 e. The molecule has 7 nitrogen and oxygen atoms in total. The SMILES string of the molecule is COC(=O)C1CCN(C(=S)N/N=C(/C)c2csc(-c3ccc(OC(F)(F)F)cc3)c2O)CC1. The summed E-state index contributed by atoms with van der Waals surface area (Å²) in [5.41, 5.74) is 4.32. The zero-order chi connectivity index (χ0) is 24.2. The molecule has 0 bridgehead atoms. The lowest BCUT2D eigenvalue weighted by molar-refractivity contribution is -0.274. The number of piperidine rings is 1. The van der Waals surface area contributed by atoms with Crippen LogP contribution in [-0.4, -0.2) is 53.4 Å². The molecule has 33 heavy (non-hydrogen) atoms. The van der Waals surface area contributed by atoms with Crippen molar-refractivity contribution in [1.82, 2.24) is 10.3 Å². The molecular weight excluding hydrogens is 479 g/mol. The number of carbonyl (C=O) groups excluding carboxylic acids is 1. The van der Waals surface area contributed by atoms with Crippen molar-refractivity contribution in [2.24, 2.45) is 11.0 Å². The summed E-state index contributed by atoms with van der Waals surface area (Å²) in [6, 6.07) is 5.25. The molecule has 0 amide bonds. The number of methoxy groups -OCH3 is 1. The number of halogens is 3. The summed E-state index contributed by atoms with van der Waals surface area (Å²) in [6.45, 7) is 2.90. The van der Waals surface area contributed by atoms with Crippen LogP contribution < -0.4 is 10.2 Å². The molecule has 0 radical (unpaired) electrons. The van der Waals surface area contributed by atoms with Crippen LogP contribution in [0.25, 0.3) is 10.4 Å². The van der Waals surface area contributed by atoms with Crippen molar-refractivity contribution >= 4 is 40.3 Å². The summed E-state index contributed by atoms with van der Waals surface area (Å²) in [7, 11) is 1.38. The van der Waals surface area contributed by atoms with E-state index in [1.807, 2.05) is 4.90 Å². The predicted octanol–water partition coefficient (Wildman–Crippen LogP) is 4.50. The monoisotopic (exact) mass is 501 g/mol. The Morgan fingerprint density at radius 2 is 1.91 bits per heavy atom.